The molecule has 0 saturated carbocycles. The number of ether oxygens (including phenoxy) is 5. The number of cyclic esters (lactones) is 1. The molecule has 10 nitrogen and oxygen atoms in total. The summed E-state index contributed by atoms with van der Waals surface area (Å²) in [6.07, 6.45) is 0.891. The predicted octanol–water partition coefficient (Wildman–Crippen LogP) is 4.70. The molecule has 2 aliphatic heterocycles. The summed E-state index contributed by atoms with van der Waals surface area (Å²) in [5, 5.41) is 10.1. The number of nitrogens with zero attached hydrogens (tertiary/aromatic N) is 2. The highest BCUT2D eigenvalue weighted by molar-refractivity contribution is 6.04. The van der Waals surface area contributed by atoms with Gasteiger partial charge in [-0.25, -0.2) is 0 Å². The lowest BCUT2D eigenvalue weighted by Crippen LogP contribution is -2.55. The van der Waals surface area contributed by atoms with Gasteiger partial charge >= 0.3 is 5.97 Å². The van der Waals surface area contributed by atoms with Gasteiger partial charge in [-0.3, -0.25) is 14.5 Å². The fourth-order valence-electron chi connectivity index (χ4n) is 7.39. The van der Waals surface area contributed by atoms with Crippen molar-refractivity contribution in [2.24, 2.45) is 17.3 Å². The van der Waals surface area contributed by atoms with Gasteiger partial charge in [0.1, 0.15) is 12.0 Å². The van der Waals surface area contributed by atoms with Crippen molar-refractivity contribution in [2.75, 3.05) is 47.5 Å². The van der Waals surface area contributed by atoms with E-state index in [2.05, 4.69) is 37.7 Å². The van der Waals surface area contributed by atoms with Crippen molar-refractivity contribution in [3.05, 3.63) is 35.9 Å². The van der Waals surface area contributed by atoms with E-state index < -0.39 is 41.4 Å². The second-order valence-electron chi connectivity index (χ2n) is 14.7. The molecule has 0 spiro atoms. The monoisotopic (exact) mass is 662 g/mol. The minimum atomic E-state index is -1.44. The van der Waals surface area contributed by atoms with Crippen molar-refractivity contribution < 1.29 is 38.4 Å². The molecule has 0 amide bonds. The maximum absolute atomic E-state index is 14.3. The van der Waals surface area contributed by atoms with Crippen LogP contribution in [-0.4, -0.2) is 116 Å². The number of aliphatic hydroxyl groups is 1. The Hall–Kier alpha value is -1.92. The summed E-state index contributed by atoms with van der Waals surface area (Å²) in [5.74, 6) is -1.46. The Morgan fingerprint density at radius 3 is 2.36 bits per heavy atom. The topological polar surface area (TPSA) is 107 Å². The Labute approximate surface area is 283 Å². The molecule has 1 aromatic carbocycles. The first-order chi connectivity index (χ1) is 22.2. The van der Waals surface area contributed by atoms with Gasteiger partial charge < -0.3 is 33.7 Å². The number of benzene rings is 1. The summed E-state index contributed by atoms with van der Waals surface area (Å²) >= 11 is 0. The van der Waals surface area contributed by atoms with Crippen LogP contribution in [0.4, 0.5) is 0 Å². The molecule has 2 saturated heterocycles. The van der Waals surface area contributed by atoms with Crippen LogP contribution < -0.4 is 0 Å². The number of esters is 1. The molecule has 10 heteroatoms. The van der Waals surface area contributed by atoms with E-state index in [1.54, 1.807) is 21.0 Å². The van der Waals surface area contributed by atoms with E-state index in [-0.39, 0.29) is 43.1 Å². The number of aliphatic hydroxyl groups excluding tert-OH is 1. The highest BCUT2D eigenvalue weighted by Crippen LogP contribution is 2.38. The number of hydrogen-bond acceptors (Lipinski definition) is 10. The van der Waals surface area contributed by atoms with E-state index in [4.69, 9.17) is 23.7 Å². The summed E-state index contributed by atoms with van der Waals surface area (Å²) in [5.41, 5.74) is -1.30. The normalized spacial score (nSPS) is 33.8. The number of carbonyl (C=O) groups excluding carboxylic acids is 2. The molecule has 0 radical (unpaired) electrons. The predicted molar refractivity (Wildman–Crippen MR) is 182 cm³/mol. The number of likely N-dealkylation sites (N-methyl/N-ethyl adjacent to an activating group) is 1. The fourth-order valence-corrected chi connectivity index (χ4v) is 7.39. The number of carbonyl (C=O) groups is 2. The van der Waals surface area contributed by atoms with Crippen molar-refractivity contribution in [2.45, 2.75) is 123 Å². The van der Waals surface area contributed by atoms with Crippen molar-refractivity contribution in [3.8, 4) is 0 Å². The number of ketones is 1. The van der Waals surface area contributed by atoms with Crippen LogP contribution in [0.15, 0.2) is 30.3 Å². The Morgan fingerprint density at radius 2 is 1.77 bits per heavy atom. The van der Waals surface area contributed by atoms with Gasteiger partial charge in [0.15, 0.2) is 12.1 Å². The Morgan fingerprint density at radius 1 is 1.09 bits per heavy atom. The second kappa shape index (κ2) is 17.7. The van der Waals surface area contributed by atoms with Crippen LogP contribution in [0.2, 0.25) is 0 Å². The molecule has 47 heavy (non-hydrogen) atoms. The summed E-state index contributed by atoms with van der Waals surface area (Å²) in [6.45, 7) is 15.0. The molecule has 2 aliphatic rings. The minimum Gasteiger partial charge on any atom is -0.463 e. The Balaban J connectivity index is 1.99. The van der Waals surface area contributed by atoms with Crippen LogP contribution >= 0.6 is 0 Å². The van der Waals surface area contributed by atoms with Crippen LogP contribution in [0, 0.1) is 17.3 Å². The molecule has 0 aromatic heterocycles. The average molecular weight is 663 g/mol. The number of methoxy groups -OCH3 is 1. The number of rotatable bonds is 11. The molecule has 0 aliphatic carbocycles. The summed E-state index contributed by atoms with van der Waals surface area (Å²) in [6, 6.07) is 9.82. The van der Waals surface area contributed by atoms with E-state index in [0.717, 1.165) is 12.0 Å². The van der Waals surface area contributed by atoms with E-state index in [0.29, 0.717) is 39.0 Å². The maximum Gasteiger partial charge on any atom is 0.319 e. The van der Waals surface area contributed by atoms with Gasteiger partial charge in [-0.1, -0.05) is 51.1 Å². The minimum absolute atomic E-state index is 0.00733. The van der Waals surface area contributed by atoms with Crippen LogP contribution in [-0.2, 0) is 39.9 Å². The lowest BCUT2D eigenvalue weighted by atomic mass is 9.74. The summed E-state index contributed by atoms with van der Waals surface area (Å²) < 4.78 is 31.8. The molecule has 0 bridgehead atoms. The van der Waals surface area contributed by atoms with Gasteiger partial charge in [-0.15, -0.1) is 0 Å². The van der Waals surface area contributed by atoms with E-state index in [1.165, 1.54) is 0 Å². The molecule has 3 rings (SSSR count). The van der Waals surface area contributed by atoms with Crippen molar-refractivity contribution >= 4 is 11.8 Å². The highest BCUT2D eigenvalue weighted by Gasteiger charge is 2.50. The quantitative estimate of drug-likeness (QED) is 0.265. The lowest BCUT2D eigenvalue weighted by molar-refractivity contribution is -0.263. The smallest absolute Gasteiger partial charge is 0.319 e. The third-order valence-corrected chi connectivity index (χ3v) is 10.3. The zero-order valence-electron chi connectivity index (χ0n) is 30.6. The van der Waals surface area contributed by atoms with Crippen molar-refractivity contribution in [1.29, 1.82) is 0 Å². The molecule has 1 N–H and O–H groups in total. The molecular weight excluding hydrogens is 600 g/mol. The zero-order chi connectivity index (χ0) is 34.9. The number of Topliss-reactive ketones (excluding diaryl/α,β-unsaturated/α-hetero) is 1. The Kier molecular flexibility index (Phi) is 14.8. The molecule has 1 aromatic rings. The third kappa shape index (κ3) is 10.3. The van der Waals surface area contributed by atoms with E-state index >= 15 is 0 Å². The van der Waals surface area contributed by atoms with Crippen molar-refractivity contribution in [3.63, 3.8) is 0 Å². The molecule has 268 valence electrons. The first kappa shape index (κ1) is 39.5. The van der Waals surface area contributed by atoms with Crippen LogP contribution in [0.25, 0.3) is 0 Å². The first-order valence-corrected chi connectivity index (χ1v) is 17.4. The third-order valence-electron chi connectivity index (χ3n) is 10.3. The summed E-state index contributed by atoms with van der Waals surface area (Å²) in [4.78, 5) is 32.5. The first-order valence-electron chi connectivity index (χ1n) is 17.4. The lowest BCUT2D eigenvalue weighted by Gasteiger charge is -2.45. The molecule has 9 atom stereocenters. The van der Waals surface area contributed by atoms with Crippen LogP contribution in [0.5, 0.6) is 0 Å². The molecule has 2 fully saturated rings. The Bertz CT molecular complexity index is 1120. The van der Waals surface area contributed by atoms with Gasteiger partial charge in [0.05, 0.1) is 36.6 Å². The molecule has 0 unspecified atom stereocenters. The summed E-state index contributed by atoms with van der Waals surface area (Å²) in [7, 11) is 5.79. The van der Waals surface area contributed by atoms with Crippen LogP contribution in [0.1, 0.15) is 79.7 Å². The van der Waals surface area contributed by atoms with Crippen molar-refractivity contribution in [1.82, 2.24) is 9.80 Å². The second-order valence-corrected chi connectivity index (χ2v) is 14.7. The number of hydrogen-bond donors (Lipinski definition) is 1. The van der Waals surface area contributed by atoms with Gasteiger partial charge in [0.25, 0.3) is 0 Å². The molecular formula is C37H62N2O8. The van der Waals surface area contributed by atoms with Gasteiger partial charge in [0, 0.05) is 38.6 Å². The zero-order valence-corrected chi connectivity index (χ0v) is 30.6. The fraction of sp³-hybridized carbons (Fsp3) is 0.784. The maximum atomic E-state index is 14.3. The van der Waals surface area contributed by atoms with Gasteiger partial charge in [-0.05, 0) is 79.1 Å². The largest absolute Gasteiger partial charge is 0.463 e. The van der Waals surface area contributed by atoms with Gasteiger partial charge in [0.2, 0.25) is 0 Å². The average Bonchev–Trinajstić information content (AvgIpc) is 3.04. The van der Waals surface area contributed by atoms with E-state index in [9.17, 15) is 14.7 Å². The SMILES string of the molecule is CCN1C[C@H](C)C[C@@](C)(OC)[C@H](O[C@H]2C[C@H](N(C)C)C[C@@H](C)O2)[C@@H](C)C(=O)C(C)(C)C(=O)OC[C@H]1[C@@H](CCO)OCc1ccccc1. The molecule has 2 heterocycles. The van der Waals surface area contributed by atoms with Crippen LogP contribution in [0.3, 0.4) is 0 Å². The van der Waals surface area contributed by atoms with E-state index in [1.807, 2.05) is 51.1 Å². The van der Waals surface area contributed by atoms with Gasteiger partial charge in [-0.2, -0.15) is 0 Å². The standard InChI is InChI=1S/C37H62N2O8/c1-11-39-22-25(2)21-37(7,43-10)34(47-32-20-29(38(8)9)19-26(3)46-32)27(4)33(41)36(5,6)35(42)45-24-30(39)31(17-18-40)44-23-28-15-13-12-14-16-28/h12-16,25-27,29-32,34,40H,11,17-24H2,1-10H3/t25-,26-,27+,29-,30+,31-,32+,34-,37-/m1/s1. The highest BCUT2D eigenvalue weighted by atomic mass is 16.7.